The lowest BCUT2D eigenvalue weighted by atomic mass is 10.1. The van der Waals surface area contributed by atoms with Gasteiger partial charge in [-0.15, -0.1) is 0 Å². The van der Waals surface area contributed by atoms with Gasteiger partial charge in [-0.3, -0.25) is 4.79 Å². The summed E-state index contributed by atoms with van der Waals surface area (Å²) in [5.74, 6) is 1.20. The fraction of sp³-hybridized carbons (Fsp3) is 0.192. The maximum atomic E-state index is 13.5. The van der Waals surface area contributed by atoms with Gasteiger partial charge in [0.05, 0.1) is 39.0 Å². The van der Waals surface area contributed by atoms with E-state index in [1.807, 2.05) is 0 Å². The van der Waals surface area contributed by atoms with Crippen LogP contribution in [-0.2, 0) is 22.9 Å². The van der Waals surface area contributed by atoms with E-state index in [1.165, 1.54) is 56.8 Å². The monoisotopic (exact) mass is 511 g/mol. The molecule has 0 unspecified atom stereocenters. The van der Waals surface area contributed by atoms with Gasteiger partial charge in [0.1, 0.15) is 5.76 Å². The van der Waals surface area contributed by atoms with Crippen LogP contribution in [0, 0.1) is 0 Å². The Morgan fingerprint density at radius 3 is 2.14 bits per heavy atom. The SMILES string of the molecule is COc1cc(CN(Cc2ccco2)C(=O)c2ccc(S(=O)(=O)c3ccccc3)o2)cc(OC)c1OC. The zero-order valence-corrected chi connectivity index (χ0v) is 20.8. The van der Waals surface area contributed by atoms with Gasteiger partial charge < -0.3 is 27.9 Å². The van der Waals surface area contributed by atoms with Crippen LogP contribution in [0.1, 0.15) is 21.9 Å². The van der Waals surface area contributed by atoms with E-state index in [2.05, 4.69) is 0 Å². The van der Waals surface area contributed by atoms with Crippen LogP contribution in [-0.4, -0.2) is 40.6 Å². The van der Waals surface area contributed by atoms with Crippen molar-refractivity contribution in [3.05, 3.63) is 90.1 Å². The summed E-state index contributed by atoms with van der Waals surface area (Å²) in [6, 6.07) is 17.4. The Hall–Kier alpha value is -4.18. The van der Waals surface area contributed by atoms with Crippen molar-refractivity contribution in [2.75, 3.05) is 21.3 Å². The van der Waals surface area contributed by atoms with Gasteiger partial charge in [-0.25, -0.2) is 8.42 Å². The van der Waals surface area contributed by atoms with Gasteiger partial charge in [0.2, 0.25) is 20.7 Å². The molecule has 188 valence electrons. The molecule has 1 amide bonds. The largest absolute Gasteiger partial charge is 0.493 e. The van der Waals surface area contributed by atoms with Crippen molar-refractivity contribution in [2.24, 2.45) is 0 Å². The number of furan rings is 2. The molecule has 2 aromatic carbocycles. The fourth-order valence-electron chi connectivity index (χ4n) is 3.69. The van der Waals surface area contributed by atoms with Crippen LogP contribution in [0.4, 0.5) is 0 Å². The van der Waals surface area contributed by atoms with Crippen molar-refractivity contribution in [1.29, 1.82) is 0 Å². The van der Waals surface area contributed by atoms with Crippen LogP contribution < -0.4 is 14.2 Å². The highest BCUT2D eigenvalue weighted by atomic mass is 32.2. The highest BCUT2D eigenvalue weighted by molar-refractivity contribution is 7.91. The molecule has 36 heavy (non-hydrogen) atoms. The standard InChI is InChI=1S/C26H25NO8S/c1-31-22-14-18(15-23(32-2)25(22)33-3)16-27(17-19-8-7-13-34-19)26(28)21-11-12-24(35-21)36(29,30)20-9-5-4-6-10-20/h4-15H,16-17H2,1-3H3. The van der Waals surface area contributed by atoms with Crippen LogP contribution in [0.15, 0.2) is 91.8 Å². The zero-order valence-electron chi connectivity index (χ0n) is 20.0. The molecular weight excluding hydrogens is 486 g/mol. The van der Waals surface area contributed by atoms with Crippen molar-refractivity contribution in [3.63, 3.8) is 0 Å². The quantitative estimate of drug-likeness (QED) is 0.305. The van der Waals surface area contributed by atoms with Crippen LogP contribution in [0.25, 0.3) is 0 Å². The maximum absolute atomic E-state index is 13.5. The molecule has 0 aliphatic carbocycles. The minimum absolute atomic E-state index is 0.0724. The fourth-order valence-corrected chi connectivity index (χ4v) is 4.88. The topological polar surface area (TPSA) is 108 Å². The molecule has 0 bridgehead atoms. The smallest absolute Gasteiger partial charge is 0.290 e. The summed E-state index contributed by atoms with van der Waals surface area (Å²) in [6.07, 6.45) is 1.51. The first-order valence-electron chi connectivity index (χ1n) is 10.9. The van der Waals surface area contributed by atoms with Gasteiger partial charge in [0.15, 0.2) is 17.3 Å². The number of sulfone groups is 1. The molecule has 0 aliphatic heterocycles. The molecule has 4 rings (SSSR count). The number of methoxy groups -OCH3 is 3. The third-order valence-electron chi connectivity index (χ3n) is 5.42. The molecule has 4 aromatic rings. The molecule has 0 fully saturated rings. The molecule has 2 aromatic heterocycles. The lowest BCUT2D eigenvalue weighted by molar-refractivity contribution is 0.0679. The van der Waals surface area contributed by atoms with E-state index in [0.717, 1.165) is 0 Å². The first kappa shape index (κ1) is 24.9. The Morgan fingerprint density at radius 2 is 1.56 bits per heavy atom. The molecule has 10 heteroatoms. The van der Waals surface area contributed by atoms with Crippen molar-refractivity contribution >= 4 is 15.7 Å². The molecular formula is C26H25NO8S. The van der Waals surface area contributed by atoms with E-state index in [-0.39, 0.29) is 28.8 Å². The number of nitrogens with zero attached hydrogens (tertiary/aromatic N) is 1. The maximum Gasteiger partial charge on any atom is 0.290 e. The number of hydrogen-bond acceptors (Lipinski definition) is 8. The molecule has 9 nitrogen and oxygen atoms in total. The lowest BCUT2D eigenvalue weighted by Crippen LogP contribution is -2.29. The minimum Gasteiger partial charge on any atom is -0.493 e. The second-order valence-electron chi connectivity index (χ2n) is 7.71. The second-order valence-corrected chi connectivity index (χ2v) is 9.59. The molecule has 0 saturated heterocycles. The van der Waals surface area contributed by atoms with Gasteiger partial charge in [-0.05, 0) is 54.1 Å². The summed E-state index contributed by atoms with van der Waals surface area (Å²) in [5, 5.41) is -0.317. The van der Waals surface area contributed by atoms with E-state index in [0.29, 0.717) is 28.6 Å². The van der Waals surface area contributed by atoms with E-state index in [4.69, 9.17) is 23.0 Å². The van der Waals surface area contributed by atoms with Crippen molar-refractivity contribution in [1.82, 2.24) is 4.90 Å². The number of rotatable bonds is 10. The average Bonchev–Trinajstić information content (AvgIpc) is 3.61. The number of benzene rings is 2. The number of carbonyl (C=O) groups excluding carboxylic acids is 1. The van der Waals surface area contributed by atoms with Gasteiger partial charge in [-0.2, -0.15) is 0 Å². The van der Waals surface area contributed by atoms with Crippen molar-refractivity contribution in [2.45, 2.75) is 23.1 Å². The van der Waals surface area contributed by atoms with Crippen LogP contribution in [0.5, 0.6) is 17.2 Å². The van der Waals surface area contributed by atoms with Gasteiger partial charge >= 0.3 is 0 Å². The van der Waals surface area contributed by atoms with E-state index in [9.17, 15) is 13.2 Å². The van der Waals surface area contributed by atoms with Crippen LogP contribution in [0.3, 0.4) is 0 Å². The molecule has 2 heterocycles. The van der Waals surface area contributed by atoms with E-state index in [1.54, 1.807) is 42.5 Å². The first-order chi connectivity index (χ1) is 17.4. The lowest BCUT2D eigenvalue weighted by Gasteiger charge is -2.22. The Bertz CT molecular complexity index is 1400. The summed E-state index contributed by atoms with van der Waals surface area (Å²) in [4.78, 5) is 15.0. The minimum atomic E-state index is -3.91. The van der Waals surface area contributed by atoms with Crippen molar-refractivity contribution < 1.29 is 36.3 Å². The zero-order chi connectivity index (χ0) is 25.7. The molecule has 0 saturated carbocycles. The third-order valence-corrected chi connectivity index (χ3v) is 7.06. The highest BCUT2D eigenvalue weighted by Gasteiger charge is 2.27. The third kappa shape index (κ3) is 5.08. The summed E-state index contributed by atoms with van der Waals surface area (Å²) in [6.45, 7) is 0.238. The van der Waals surface area contributed by atoms with Crippen LogP contribution in [0.2, 0.25) is 0 Å². The van der Waals surface area contributed by atoms with Crippen molar-refractivity contribution in [3.8, 4) is 17.2 Å². The Labute approximate surface area is 208 Å². The van der Waals surface area contributed by atoms with E-state index < -0.39 is 15.7 Å². The number of hydrogen-bond donors (Lipinski definition) is 0. The Morgan fingerprint density at radius 1 is 0.861 bits per heavy atom. The number of carbonyl (C=O) groups is 1. The van der Waals surface area contributed by atoms with Gasteiger partial charge in [-0.1, -0.05) is 18.2 Å². The number of ether oxygens (including phenoxy) is 3. The average molecular weight is 512 g/mol. The molecule has 0 atom stereocenters. The van der Waals surface area contributed by atoms with Crippen LogP contribution >= 0.6 is 0 Å². The molecule has 0 spiro atoms. The Balaban J connectivity index is 1.67. The predicted molar refractivity (Wildman–Crippen MR) is 129 cm³/mol. The van der Waals surface area contributed by atoms with Gasteiger partial charge in [0.25, 0.3) is 5.91 Å². The summed E-state index contributed by atoms with van der Waals surface area (Å²) in [5.41, 5.74) is 0.688. The Kier molecular flexibility index (Phi) is 7.35. The highest BCUT2D eigenvalue weighted by Crippen LogP contribution is 2.38. The number of amides is 1. The molecule has 0 aliphatic rings. The molecule has 0 radical (unpaired) electrons. The van der Waals surface area contributed by atoms with E-state index >= 15 is 0 Å². The van der Waals surface area contributed by atoms with Gasteiger partial charge in [0, 0.05) is 6.54 Å². The molecule has 0 N–H and O–H groups in total. The summed E-state index contributed by atoms with van der Waals surface area (Å²) < 4.78 is 53.0. The first-order valence-corrected chi connectivity index (χ1v) is 12.4. The summed E-state index contributed by atoms with van der Waals surface area (Å²) >= 11 is 0. The predicted octanol–water partition coefficient (Wildman–Crippen LogP) is 4.57. The second kappa shape index (κ2) is 10.6. The normalized spacial score (nSPS) is 11.2. The summed E-state index contributed by atoms with van der Waals surface area (Å²) in [7, 11) is 0.599.